The van der Waals surface area contributed by atoms with E-state index in [4.69, 9.17) is 0 Å². The molecule has 0 heterocycles. The van der Waals surface area contributed by atoms with Crippen molar-refractivity contribution in [1.82, 2.24) is 0 Å². The van der Waals surface area contributed by atoms with Crippen molar-refractivity contribution in [3.8, 4) is 0 Å². The summed E-state index contributed by atoms with van der Waals surface area (Å²) in [4.78, 5) is 0. The number of hydrogen-bond acceptors (Lipinski definition) is 1. The summed E-state index contributed by atoms with van der Waals surface area (Å²) in [6, 6.07) is 4.37. The zero-order valence-electron chi connectivity index (χ0n) is 9.15. The number of aryl methyl sites for hydroxylation is 2. The maximum Gasteiger partial charge on any atom is 0.0346 e. The summed E-state index contributed by atoms with van der Waals surface area (Å²) < 4.78 is 1.22. The molecule has 0 unspecified atom stereocenters. The summed E-state index contributed by atoms with van der Waals surface area (Å²) in [5.74, 6) is 0. The van der Waals surface area contributed by atoms with Crippen LogP contribution in [0, 0.1) is 13.8 Å². The van der Waals surface area contributed by atoms with Gasteiger partial charge in [-0.05, 0) is 43.5 Å². The molecule has 0 saturated heterocycles. The molecule has 0 radical (unpaired) electrons. The molecular formula is C12H18BrN. The minimum Gasteiger partial charge on any atom is -0.385 e. The SMILES string of the molecule is CCCCNc1cc(C)c(Br)c(C)c1. The first-order valence-electron chi connectivity index (χ1n) is 5.15. The largest absolute Gasteiger partial charge is 0.385 e. The van der Waals surface area contributed by atoms with Gasteiger partial charge in [-0.15, -0.1) is 0 Å². The van der Waals surface area contributed by atoms with Gasteiger partial charge >= 0.3 is 0 Å². The summed E-state index contributed by atoms with van der Waals surface area (Å²) in [7, 11) is 0. The molecule has 2 heteroatoms. The van der Waals surface area contributed by atoms with Crippen LogP contribution in [-0.2, 0) is 0 Å². The minimum absolute atomic E-state index is 1.07. The molecule has 1 nitrogen and oxygen atoms in total. The Labute approximate surface area is 95.0 Å². The lowest BCUT2D eigenvalue weighted by Crippen LogP contribution is -2.01. The van der Waals surface area contributed by atoms with Crippen LogP contribution >= 0.6 is 15.9 Å². The number of benzene rings is 1. The van der Waals surface area contributed by atoms with Gasteiger partial charge in [0, 0.05) is 16.7 Å². The van der Waals surface area contributed by atoms with E-state index in [1.54, 1.807) is 0 Å². The van der Waals surface area contributed by atoms with E-state index in [1.165, 1.54) is 34.1 Å². The molecule has 1 aromatic carbocycles. The summed E-state index contributed by atoms with van der Waals surface area (Å²) in [6.07, 6.45) is 2.47. The van der Waals surface area contributed by atoms with E-state index in [0.717, 1.165) is 6.54 Å². The lowest BCUT2D eigenvalue weighted by molar-refractivity contribution is 0.834. The molecule has 1 rings (SSSR count). The topological polar surface area (TPSA) is 12.0 Å². The van der Waals surface area contributed by atoms with Gasteiger partial charge in [-0.1, -0.05) is 29.3 Å². The van der Waals surface area contributed by atoms with Crippen LogP contribution in [-0.4, -0.2) is 6.54 Å². The van der Waals surface area contributed by atoms with Gasteiger partial charge < -0.3 is 5.32 Å². The van der Waals surface area contributed by atoms with Crippen LogP contribution in [0.1, 0.15) is 30.9 Å². The molecule has 1 aromatic rings. The Kier molecular flexibility index (Phi) is 4.46. The fourth-order valence-electron chi connectivity index (χ4n) is 1.46. The van der Waals surface area contributed by atoms with E-state index in [-0.39, 0.29) is 0 Å². The number of unbranched alkanes of at least 4 members (excludes halogenated alkanes) is 1. The molecule has 0 spiro atoms. The fraction of sp³-hybridized carbons (Fsp3) is 0.500. The van der Waals surface area contributed by atoms with E-state index >= 15 is 0 Å². The second-order valence-corrected chi connectivity index (χ2v) is 4.50. The van der Waals surface area contributed by atoms with E-state index in [1.807, 2.05) is 0 Å². The molecule has 0 saturated carbocycles. The maximum atomic E-state index is 3.57. The van der Waals surface area contributed by atoms with E-state index in [2.05, 4.69) is 54.2 Å². The number of hydrogen-bond donors (Lipinski definition) is 1. The second-order valence-electron chi connectivity index (χ2n) is 3.70. The first kappa shape index (κ1) is 11.6. The molecule has 0 amide bonds. The van der Waals surface area contributed by atoms with Crippen molar-refractivity contribution in [3.63, 3.8) is 0 Å². The Hall–Kier alpha value is -0.500. The molecule has 0 bridgehead atoms. The van der Waals surface area contributed by atoms with Crippen molar-refractivity contribution in [2.24, 2.45) is 0 Å². The lowest BCUT2D eigenvalue weighted by atomic mass is 10.1. The first-order chi connectivity index (χ1) is 6.65. The Morgan fingerprint density at radius 1 is 1.21 bits per heavy atom. The highest BCUT2D eigenvalue weighted by molar-refractivity contribution is 9.10. The fourth-order valence-corrected chi connectivity index (χ4v) is 1.69. The Morgan fingerprint density at radius 3 is 2.29 bits per heavy atom. The number of halogens is 1. The molecule has 0 aliphatic carbocycles. The Morgan fingerprint density at radius 2 is 1.79 bits per heavy atom. The summed E-state index contributed by atoms with van der Waals surface area (Å²) in [5.41, 5.74) is 3.82. The van der Waals surface area contributed by atoms with Crippen LogP contribution in [0.15, 0.2) is 16.6 Å². The number of anilines is 1. The van der Waals surface area contributed by atoms with Gasteiger partial charge in [0.2, 0.25) is 0 Å². The van der Waals surface area contributed by atoms with Crippen LogP contribution in [0.25, 0.3) is 0 Å². The average Bonchev–Trinajstić information content (AvgIpc) is 2.14. The lowest BCUT2D eigenvalue weighted by Gasteiger charge is -2.09. The van der Waals surface area contributed by atoms with Crippen LogP contribution in [0.2, 0.25) is 0 Å². The summed E-state index contributed by atoms with van der Waals surface area (Å²) in [5, 5.41) is 3.43. The summed E-state index contributed by atoms with van der Waals surface area (Å²) in [6.45, 7) is 7.53. The van der Waals surface area contributed by atoms with Crippen molar-refractivity contribution < 1.29 is 0 Å². The van der Waals surface area contributed by atoms with Crippen molar-refractivity contribution in [3.05, 3.63) is 27.7 Å². The molecule has 0 atom stereocenters. The normalized spacial score (nSPS) is 10.3. The standard InChI is InChI=1S/C12H18BrN/c1-4-5-6-14-11-7-9(2)12(13)10(3)8-11/h7-8,14H,4-6H2,1-3H3. The zero-order chi connectivity index (χ0) is 10.6. The van der Waals surface area contributed by atoms with Crippen molar-refractivity contribution in [2.45, 2.75) is 33.6 Å². The van der Waals surface area contributed by atoms with Gasteiger partial charge in [0.05, 0.1) is 0 Å². The van der Waals surface area contributed by atoms with Crippen LogP contribution in [0.5, 0.6) is 0 Å². The van der Waals surface area contributed by atoms with Crippen LogP contribution in [0.3, 0.4) is 0 Å². The molecule has 1 N–H and O–H groups in total. The highest BCUT2D eigenvalue weighted by Crippen LogP contribution is 2.24. The van der Waals surface area contributed by atoms with Gasteiger partial charge in [0.15, 0.2) is 0 Å². The van der Waals surface area contributed by atoms with E-state index in [9.17, 15) is 0 Å². The van der Waals surface area contributed by atoms with E-state index < -0.39 is 0 Å². The van der Waals surface area contributed by atoms with Gasteiger partial charge in [0.25, 0.3) is 0 Å². The predicted molar refractivity (Wildman–Crippen MR) is 67.0 cm³/mol. The first-order valence-corrected chi connectivity index (χ1v) is 5.95. The highest BCUT2D eigenvalue weighted by atomic mass is 79.9. The van der Waals surface area contributed by atoms with Crippen molar-refractivity contribution >= 4 is 21.6 Å². The quantitative estimate of drug-likeness (QED) is 0.793. The minimum atomic E-state index is 1.07. The molecule has 0 aromatic heterocycles. The van der Waals surface area contributed by atoms with Gasteiger partial charge in [-0.2, -0.15) is 0 Å². The van der Waals surface area contributed by atoms with Crippen LogP contribution < -0.4 is 5.32 Å². The van der Waals surface area contributed by atoms with Crippen molar-refractivity contribution in [1.29, 1.82) is 0 Å². The van der Waals surface area contributed by atoms with Crippen molar-refractivity contribution in [2.75, 3.05) is 11.9 Å². The Bertz CT molecular complexity index is 284. The molecule has 78 valence electrons. The highest BCUT2D eigenvalue weighted by Gasteiger charge is 2.01. The predicted octanol–water partition coefficient (Wildman–Crippen LogP) is 4.28. The van der Waals surface area contributed by atoms with Gasteiger partial charge in [0.1, 0.15) is 0 Å². The van der Waals surface area contributed by atoms with Gasteiger partial charge in [-0.25, -0.2) is 0 Å². The van der Waals surface area contributed by atoms with Crippen LogP contribution in [0.4, 0.5) is 5.69 Å². The molecular weight excluding hydrogens is 238 g/mol. The molecule has 0 fully saturated rings. The molecule has 0 aliphatic heterocycles. The third-order valence-corrected chi connectivity index (χ3v) is 3.55. The third kappa shape index (κ3) is 3.02. The number of nitrogens with one attached hydrogen (secondary N) is 1. The van der Waals surface area contributed by atoms with E-state index in [0.29, 0.717) is 0 Å². The average molecular weight is 256 g/mol. The number of rotatable bonds is 4. The summed E-state index contributed by atoms with van der Waals surface area (Å²) >= 11 is 3.57. The zero-order valence-corrected chi connectivity index (χ0v) is 10.7. The second kappa shape index (κ2) is 5.40. The Balaban J connectivity index is 2.69. The monoisotopic (exact) mass is 255 g/mol. The maximum absolute atomic E-state index is 3.57. The molecule has 14 heavy (non-hydrogen) atoms. The third-order valence-electron chi connectivity index (χ3n) is 2.30. The molecule has 0 aliphatic rings. The smallest absolute Gasteiger partial charge is 0.0346 e. The van der Waals surface area contributed by atoms with Gasteiger partial charge in [-0.3, -0.25) is 0 Å².